The van der Waals surface area contributed by atoms with Crippen molar-refractivity contribution in [3.63, 3.8) is 0 Å². The molecule has 29 heavy (non-hydrogen) atoms. The van der Waals surface area contributed by atoms with E-state index in [-0.39, 0.29) is 21.4 Å². The SMILES string of the molecule is COc1cc(/C=C2\SC(=NC(=O)c3ccc(Cl)cc3)NC2=O)cc([N+](=O)[O-])c1O. The third-order valence-corrected chi connectivity index (χ3v) is 4.90. The highest BCUT2D eigenvalue weighted by molar-refractivity contribution is 8.18. The zero-order valence-corrected chi connectivity index (χ0v) is 16.3. The monoisotopic (exact) mass is 433 g/mol. The molecule has 2 amide bonds. The smallest absolute Gasteiger partial charge is 0.315 e. The number of aromatic hydroxyl groups is 1. The molecule has 1 aliphatic heterocycles. The average molecular weight is 434 g/mol. The van der Waals surface area contributed by atoms with Crippen LogP contribution in [0.2, 0.25) is 5.02 Å². The number of hydrogen-bond acceptors (Lipinski definition) is 7. The quantitative estimate of drug-likeness (QED) is 0.429. The molecule has 1 aliphatic rings. The van der Waals surface area contributed by atoms with Crippen molar-refractivity contribution >= 4 is 52.1 Å². The predicted octanol–water partition coefficient (Wildman–Crippen LogP) is 3.36. The normalized spacial score (nSPS) is 16.1. The van der Waals surface area contributed by atoms with Crippen molar-refractivity contribution in [1.82, 2.24) is 5.32 Å². The van der Waals surface area contributed by atoms with E-state index in [0.717, 1.165) is 17.8 Å². The molecule has 0 aliphatic carbocycles. The van der Waals surface area contributed by atoms with Gasteiger partial charge >= 0.3 is 5.69 Å². The van der Waals surface area contributed by atoms with E-state index < -0.39 is 28.2 Å². The Hall–Kier alpha value is -3.37. The number of amides is 2. The first-order valence-corrected chi connectivity index (χ1v) is 9.13. The molecule has 0 aromatic heterocycles. The molecule has 0 saturated carbocycles. The molecule has 0 atom stereocenters. The Morgan fingerprint density at radius 1 is 1.34 bits per heavy atom. The van der Waals surface area contributed by atoms with Gasteiger partial charge in [0.15, 0.2) is 10.9 Å². The Labute approximate surface area is 173 Å². The number of nitrogens with one attached hydrogen (secondary N) is 1. The number of nitro benzene ring substituents is 1. The third kappa shape index (κ3) is 4.55. The van der Waals surface area contributed by atoms with Crippen LogP contribution in [0.1, 0.15) is 15.9 Å². The summed E-state index contributed by atoms with van der Waals surface area (Å²) in [6.45, 7) is 0. The molecule has 3 rings (SSSR count). The molecule has 1 fully saturated rings. The van der Waals surface area contributed by atoms with Gasteiger partial charge < -0.3 is 15.2 Å². The van der Waals surface area contributed by atoms with Gasteiger partial charge in [0.05, 0.1) is 16.9 Å². The molecule has 2 aromatic rings. The molecule has 0 bridgehead atoms. The lowest BCUT2D eigenvalue weighted by atomic mass is 10.1. The Balaban J connectivity index is 1.87. The van der Waals surface area contributed by atoms with Crippen molar-refractivity contribution in [3.8, 4) is 11.5 Å². The van der Waals surface area contributed by atoms with E-state index >= 15 is 0 Å². The average Bonchev–Trinajstić information content (AvgIpc) is 3.01. The van der Waals surface area contributed by atoms with Crippen molar-refractivity contribution in [2.24, 2.45) is 4.99 Å². The number of phenols is 1. The number of methoxy groups -OCH3 is 1. The summed E-state index contributed by atoms with van der Waals surface area (Å²) in [7, 11) is 1.25. The number of carbonyl (C=O) groups excluding carboxylic acids is 2. The van der Waals surface area contributed by atoms with Gasteiger partial charge in [0.1, 0.15) is 0 Å². The van der Waals surface area contributed by atoms with E-state index in [0.29, 0.717) is 10.6 Å². The van der Waals surface area contributed by atoms with Crippen LogP contribution in [0.3, 0.4) is 0 Å². The molecule has 1 heterocycles. The molecule has 2 aromatic carbocycles. The number of phenolic OH excluding ortho intramolecular Hbond substituents is 1. The van der Waals surface area contributed by atoms with Crippen molar-refractivity contribution in [2.75, 3.05) is 7.11 Å². The summed E-state index contributed by atoms with van der Waals surface area (Å²) in [6, 6.07) is 8.56. The number of amidine groups is 1. The fourth-order valence-corrected chi connectivity index (χ4v) is 3.32. The maximum atomic E-state index is 12.2. The number of hydrogen-bond donors (Lipinski definition) is 2. The Morgan fingerprint density at radius 2 is 2.03 bits per heavy atom. The highest BCUT2D eigenvalue weighted by Crippen LogP contribution is 2.38. The minimum absolute atomic E-state index is 0.0708. The highest BCUT2D eigenvalue weighted by Gasteiger charge is 2.26. The molecule has 1 saturated heterocycles. The maximum absolute atomic E-state index is 12.2. The third-order valence-electron chi connectivity index (χ3n) is 3.74. The van der Waals surface area contributed by atoms with Crippen LogP contribution >= 0.6 is 23.4 Å². The lowest BCUT2D eigenvalue weighted by Gasteiger charge is -2.05. The summed E-state index contributed by atoms with van der Waals surface area (Å²) in [4.78, 5) is 38.7. The number of benzene rings is 2. The van der Waals surface area contributed by atoms with Gasteiger partial charge in [-0.15, -0.1) is 0 Å². The number of nitrogens with zero attached hydrogens (tertiary/aromatic N) is 2. The highest BCUT2D eigenvalue weighted by atomic mass is 35.5. The summed E-state index contributed by atoms with van der Waals surface area (Å²) in [6.07, 6.45) is 1.37. The van der Waals surface area contributed by atoms with Gasteiger partial charge in [-0.05, 0) is 53.7 Å². The minimum atomic E-state index is -0.764. The van der Waals surface area contributed by atoms with Crippen LogP contribution in [0, 0.1) is 10.1 Å². The second-order valence-corrected chi connectivity index (χ2v) is 7.11. The fourth-order valence-electron chi connectivity index (χ4n) is 2.37. The summed E-state index contributed by atoms with van der Waals surface area (Å²) in [5, 5.41) is 23.9. The molecule has 2 N–H and O–H groups in total. The van der Waals surface area contributed by atoms with Crippen LogP contribution in [0.5, 0.6) is 11.5 Å². The van der Waals surface area contributed by atoms with E-state index in [1.54, 1.807) is 12.1 Å². The van der Waals surface area contributed by atoms with Crippen molar-refractivity contribution < 1.29 is 24.4 Å². The van der Waals surface area contributed by atoms with Gasteiger partial charge in [0.2, 0.25) is 5.75 Å². The minimum Gasteiger partial charge on any atom is -0.500 e. The molecule has 0 unspecified atom stereocenters. The van der Waals surface area contributed by atoms with E-state index in [4.69, 9.17) is 16.3 Å². The van der Waals surface area contributed by atoms with Crippen LogP contribution in [-0.4, -0.2) is 34.1 Å². The number of rotatable bonds is 4. The van der Waals surface area contributed by atoms with Crippen molar-refractivity contribution in [2.45, 2.75) is 0 Å². The van der Waals surface area contributed by atoms with E-state index in [1.807, 2.05) is 0 Å². The van der Waals surface area contributed by atoms with Crippen molar-refractivity contribution in [3.05, 3.63) is 67.6 Å². The Bertz CT molecular complexity index is 1080. The van der Waals surface area contributed by atoms with Gasteiger partial charge in [-0.25, -0.2) is 0 Å². The van der Waals surface area contributed by atoms with Crippen LogP contribution in [-0.2, 0) is 4.79 Å². The first-order valence-electron chi connectivity index (χ1n) is 7.93. The zero-order valence-electron chi connectivity index (χ0n) is 14.7. The molecular weight excluding hydrogens is 422 g/mol. The number of aliphatic imine (C=N–C) groups is 1. The van der Waals surface area contributed by atoms with E-state index in [9.17, 15) is 24.8 Å². The van der Waals surface area contributed by atoms with Gasteiger partial charge in [-0.3, -0.25) is 19.7 Å². The second kappa shape index (κ2) is 8.33. The summed E-state index contributed by atoms with van der Waals surface area (Å²) in [5.74, 6) is -1.81. The maximum Gasteiger partial charge on any atom is 0.315 e. The first-order chi connectivity index (χ1) is 13.8. The topological polar surface area (TPSA) is 131 Å². The van der Waals surface area contributed by atoms with Crippen molar-refractivity contribution in [1.29, 1.82) is 0 Å². The number of halogens is 1. The van der Waals surface area contributed by atoms with Gasteiger partial charge in [0, 0.05) is 16.7 Å². The summed E-state index contributed by atoms with van der Waals surface area (Å²) < 4.78 is 4.93. The molecule has 148 valence electrons. The Morgan fingerprint density at radius 3 is 2.66 bits per heavy atom. The van der Waals surface area contributed by atoms with Crippen LogP contribution < -0.4 is 10.1 Å². The number of thioether (sulfide) groups is 1. The standard InChI is InChI=1S/C18H12ClN3O6S/c1-28-13-7-9(6-12(15(13)23)22(26)27)8-14-17(25)21-18(29-14)20-16(24)10-2-4-11(19)5-3-10/h2-8,23H,1H3,(H,20,21,24,25)/b14-8-. The van der Waals surface area contributed by atoms with E-state index in [1.165, 1.54) is 31.4 Å². The van der Waals surface area contributed by atoms with E-state index in [2.05, 4.69) is 10.3 Å². The second-order valence-electron chi connectivity index (χ2n) is 5.64. The molecular formula is C18H12ClN3O6S. The van der Waals surface area contributed by atoms with Gasteiger partial charge in [-0.2, -0.15) is 4.99 Å². The lowest BCUT2D eigenvalue weighted by molar-refractivity contribution is -0.386. The van der Waals surface area contributed by atoms with Gasteiger partial charge in [-0.1, -0.05) is 11.6 Å². The lowest BCUT2D eigenvalue weighted by Crippen LogP contribution is -2.20. The van der Waals surface area contributed by atoms with Gasteiger partial charge in [0.25, 0.3) is 11.8 Å². The summed E-state index contributed by atoms with van der Waals surface area (Å²) >= 11 is 6.68. The largest absolute Gasteiger partial charge is 0.500 e. The van der Waals surface area contributed by atoms with Crippen LogP contribution in [0.4, 0.5) is 5.69 Å². The fraction of sp³-hybridized carbons (Fsp3) is 0.0556. The molecule has 0 radical (unpaired) electrons. The number of carbonyl (C=O) groups is 2. The Kier molecular flexibility index (Phi) is 5.85. The predicted molar refractivity (Wildman–Crippen MR) is 108 cm³/mol. The van der Waals surface area contributed by atoms with Crippen LogP contribution in [0.25, 0.3) is 6.08 Å². The first kappa shape index (κ1) is 20.4. The zero-order chi connectivity index (χ0) is 21.1. The number of nitro groups is 1. The van der Waals surface area contributed by atoms with Crippen LogP contribution in [0.15, 0.2) is 46.3 Å². The summed E-state index contributed by atoms with van der Waals surface area (Å²) in [5.41, 5.74) is -0.00577. The molecule has 11 heteroatoms. The number of ether oxygens (including phenoxy) is 1. The molecule has 9 nitrogen and oxygen atoms in total. The molecule has 0 spiro atoms.